The van der Waals surface area contributed by atoms with E-state index in [0.717, 1.165) is 0 Å². The van der Waals surface area contributed by atoms with E-state index in [-0.39, 0.29) is 5.41 Å². The molecular formula is C46H33N3. The highest BCUT2D eigenvalue weighted by Crippen LogP contribution is 2.46. The van der Waals surface area contributed by atoms with E-state index in [1.54, 1.807) is 0 Å². The maximum absolute atomic E-state index is 2.56. The molecule has 0 aliphatic heterocycles. The van der Waals surface area contributed by atoms with Crippen LogP contribution >= 0.6 is 0 Å². The van der Waals surface area contributed by atoms with Gasteiger partial charge in [-0.1, -0.05) is 93.6 Å². The molecule has 0 radical (unpaired) electrons. The molecule has 3 nitrogen and oxygen atoms in total. The van der Waals surface area contributed by atoms with Crippen molar-refractivity contribution in [2.75, 3.05) is 0 Å². The van der Waals surface area contributed by atoms with Crippen LogP contribution in [0.5, 0.6) is 0 Å². The van der Waals surface area contributed by atoms with Crippen molar-refractivity contribution in [1.82, 2.24) is 13.5 Å². The number of aromatic nitrogens is 3. The lowest BCUT2D eigenvalue weighted by molar-refractivity contribution is 0.592. The van der Waals surface area contributed by atoms with E-state index in [0.29, 0.717) is 0 Å². The van der Waals surface area contributed by atoms with Crippen molar-refractivity contribution < 1.29 is 0 Å². The first kappa shape index (κ1) is 26.9. The Kier molecular flexibility index (Phi) is 5.11. The highest BCUT2D eigenvalue weighted by atomic mass is 15.0. The molecule has 4 heterocycles. The molecule has 11 aromatic rings. The van der Waals surface area contributed by atoms with Gasteiger partial charge in [0.05, 0.1) is 38.6 Å². The second-order valence-electron chi connectivity index (χ2n) is 14.7. The summed E-state index contributed by atoms with van der Waals surface area (Å²) >= 11 is 0. The monoisotopic (exact) mass is 627 g/mol. The summed E-state index contributed by atoms with van der Waals surface area (Å²) in [6.07, 6.45) is 0. The predicted octanol–water partition coefficient (Wildman–Crippen LogP) is 12.3. The smallest absolute Gasteiger partial charge is 0.0620 e. The van der Waals surface area contributed by atoms with Crippen LogP contribution in [0.25, 0.3) is 93.1 Å². The molecule has 232 valence electrons. The molecule has 0 aliphatic carbocycles. The number of hydrogen-bond donors (Lipinski definition) is 0. The van der Waals surface area contributed by atoms with Crippen LogP contribution in [0.4, 0.5) is 0 Å². The molecule has 4 aromatic heterocycles. The first-order valence-electron chi connectivity index (χ1n) is 17.2. The van der Waals surface area contributed by atoms with Crippen molar-refractivity contribution in [2.24, 2.45) is 0 Å². The van der Waals surface area contributed by atoms with Crippen LogP contribution in [-0.4, -0.2) is 13.5 Å². The first-order valence-corrected chi connectivity index (χ1v) is 17.2. The van der Waals surface area contributed by atoms with Gasteiger partial charge in [0.15, 0.2) is 0 Å². The maximum atomic E-state index is 2.56. The maximum Gasteiger partial charge on any atom is 0.0620 e. The van der Waals surface area contributed by atoms with Gasteiger partial charge in [0.25, 0.3) is 0 Å². The largest absolute Gasteiger partial charge is 0.309 e. The molecular weight excluding hydrogens is 595 g/mol. The summed E-state index contributed by atoms with van der Waals surface area (Å²) in [7, 11) is 0. The number of rotatable bonds is 2. The van der Waals surface area contributed by atoms with E-state index in [2.05, 4.69) is 180 Å². The van der Waals surface area contributed by atoms with Crippen molar-refractivity contribution >= 4 is 81.7 Å². The van der Waals surface area contributed by atoms with Gasteiger partial charge >= 0.3 is 0 Å². The van der Waals surface area contributed by atoms with Crippen LogP contribution in [0.3, 0.4) is 0 Å². The van der Waals surface area contributed by atoms with Gasteiger partial charge in [0.2, 0.25) is 0 Å². The lowest BCUT2D eigenvalue weighted by atomic mass is 9.85. The van der Waals surface area contributed by atoms with Gasteiger partial charge in [-0.25, -0.2) is 0 Å². The molecule has 11 rings (SSSR count). The zero-order chi connectivity index (χ0) is 32.6. The molecule has 0 unspecified atom stereocenters. The van der Waals surface area contributed by atoms with E-state index in [9.17, 15) is 0 Å². The van der Waals surface area contributed by atoms with E-state index < -0.39 is 0 Å². The second-order valence-corrected chi connectivity index (χ2v) is 14.7. The van der Waals surface area contributed by atoms with Gasteiger partial charge in [-0.3, -0.25) is 0 Å². The van der Waals surface area contributed by atoms with E-state index >= 15 is 0 Å². The van der Waals surface area contributed by atoms with Crippen molar-refractivity contribution in [3.63, 3.8) is 0 Å². The van der Waals surface area contributed by atoms with Crippen LogP contribution < -0.4 is 0 Å². The summed E-state index contributed by atoms with van der Waals surface area (Å²) < 4.78 is 7.43. The van der Waals surface area contributed by atoms with Gasteiger partial charge in [0.1, 0.15) is 0 Å². The zero-order valence-electron chi connectivity index (χ0n) is 27.7. The fraction of sp³-hybridized carbons (Fsp3) is 0.0870. The molecule has 0 aliphatic rings. The quantitative estimate of drug-likeness (QED) is 0.181. The van der Waals surface area contributed by atoms with Gasteiger partial charge in [-0.15, -0.1) is 0 Å². The Bertz CT molecular complexity index is 2910. The third-order valence-electron chi connectivity index (χ3n) is 10.9. The first-order chi connectivity index (χ1) is 24.0. The van der Waals surface area contributed by atoms with Crippen molar-refractivity contribution in [1.29, 1.82) is 0 Å². The highest BCUT2D eigenvalue weighted by molar-refractivity contribution is 6.28. The molecule has 0 atom stereocenters. The fourth-order valence-electron chi connectivity index (χ4n) is 8.61. The van der Waals surface area contributed by atoms with Crippen LogP contribution in [-0.2, 0) is 5.41 Å². The topological polar surface area (TPSA) is 14.3 Å². The number of nitrogens with zero attached hydrogens (tertiary/aromatic N) is 3. The Morgan fingerprint density at radius 2 is 0.735 bits per heavy atom. The lowest BCUT2D eigenvalue weighted by Crippen LogP contribution is -2.10. The summed E-state index contributed by atoms with van der Waals surface area (Å²) in [5.74, 6) is 0. The molecule has 7 aromatic carbocycles. The lowest BCUT2D eigenvalue weighted by Gasteiger charge is -2.19. The summed E-state index contributed by atoms with van der Waals surface area (Å²) in [6.45, 7) is 6.99. The molecule has 0 amide bonds. The Morgan fingerprint density at radius 1 is 0.347 bits per heavy atom. The van der Waals surface area contributed by atoms with Crippen LogP contribution in [0.15, 0.2) is 146 Å². The molecule has 0 spiro atoms. The standard InChI is InChI=1S/C46H33N3/c1-46(2,3)28-22-37-35-26-41-33(31-18-10-12-20-39(31)47(41)29-14-6-4-7-15-29)24-43(35)49-44-25-34-32-19-11-13-21-40(32)48(30-16-8-5-9-17-30)42(34)27-36(44)38(23-28)45(37)49/h4-27H,1-3H3. The van der Waals surface area contributed by atoms with Gasteiger partial charge in [-0.05, 0) is 83.8 Å². The summed E-state index contributed by atoms with van der Waals surface area (Å²) in [5, 5.41) is 10.3. The summed E-state index contributed by atoms with van der Waals surface area (Å²) in [5.41, 5.74) is 12.5. The Balaban J connectivity index is 1.36. The normalized spacial score (nSPS) is 12.8. The van der Waals surface area contributed by atoms with Crippen molar-refractivity contribution in [3.05, 3.63) is 151 Å². The second kappa shape index (κ2) is 9.30. The number of hydrogen-bond acceptors (Lipinski definition) is 0. The van der Waals surface area contributed by atoms with E-state index in [1.807, 2.05) is 0 Å². The molecule has 0 fully saturated rings. The van der Waals surface area contributed by atoms with Crippen LogP contribution in [0, 0.1) is 0 Å². The predicted molar refractivity (Wildman–Crippen MR) is 208 cm³/mol. The SMILES string of the molecule is CC(C)(C)c1cc2c3cc4c(cc3n3c5cc6c7ccccc7n(-c7ccccc7)c6cc5c(c1)c23)c1ccccc1n4-c1ccccc1. The molecule has 0 bridgehead atoms. The average Bonchev–Trinajstić information content (AvgIpc) is 3.83. The molecule has 3 heteroatoms. The van der Waals surface area contributed by atoms with Crippen molar-refractivity contribution in [3.8, 4) is 11.4 Å². The molecule has 49 heavy (non-hydrogen) atoms. The minimum absolute atomic E-state index is 0.00601. The Morgan fingerprint density at radius 3 is 1.18 bits per heavy atom. The fourth-order valence-corrected chi connectivity index (χ4v) is 8.61. The van der Waals surface area contributed by atoms with Gasteiger partial charge in [0, 0.05) is 54.5 Å². The average molecular weight is 628 g/mol. The van der Waals surface area contributed by atoms with Gasteiger partial charge in [-0.2, -0.15) is 0 Å². The molecule has 0 saturated heterocycles. The zero-order valence-corrected chi connectivity index (χ0v) is 27.7. The summed E-state index contributed by atoms with van der Waals surface area (Å²) in [6, 6.07) is 54.0. The third-order valence-corrected chi connectivity index (χ3v) is 10.9. The minimum atomic E-state index is -0.00601. The number of fused-ring (bicyclic) bond motifs is 12. The minimum Gasteiger partial charge on any atom is -0.309 e. The van der Waals surface area contributed by atoms with E-state index in [4.69, 9.17) is 0 Å². The Labute approximate surface area is 283 Å². The van der Waals surface area contributed by atoms with Crippen molar-refractivity contribution in [2.45, 2.75) is 26.2 Å². The third kappa shape index (κ3) is 3.52. The molecule has 0 N–H and O–H groups in total. The van der Waals surface area contributed by atoms with Crippen LogP contribution in [0.2, 0.25) is 0 Å². The number of para-hydroxylation sites is 4. The van der Waals surface area contributed by atoms with Crippen LogP contribution in [0.1, 0.15) is 26.3 Å². The molecule has 0 saturated carbocycles. The van der Waals surface area contributed by atoms with Gasteiger partial charge < -0.3 is 13.5 Å². The summed E-state index contributed by atoms with van der Waals surface area (Å²) in [4.78, 5) is 0. The highest BCUT2D eigenvalue weighted by Gasteiger charge is 2.25. The Hall–Kier alpha value is -6.06. The number of benzene rings is 7. The van der Waals surface area contributed by atoms with E-state index in [1.165, 1.54) is 98.6 Å².